The quantitative estimate of drug-likeness (QED) is 0.124. The first kappa shape index (κ1) is 30.8. The molecule has 41 heavy (non-hydrogen) atoms. The predicted octanol–water partition coefficient (Wildman–Crippen LogP) is 6.68. The van der Waals surface area contributed by atoms with Crippen molar-refractivity contribution in [1.29, 1.82) is 0 Å². The average molecular weight is 658 g/mol. The summed E-state index contributed by atoms with van der Waals surface area (Å²) in [4.78, 5) is 64.8. The molecule has 1 aromatic heterocycles. The van der Waals surface area contributed by atoms with Gasteiger partial charge in [0, 0.05) is 10.9 Å². The van der Waals surface area contributed by atoms with Gasteiger partial charge in [0.15, 0.2) is 6.61 Å². The van der Waals surface area contributed by atoms with E-state index in [-0.39, 0.29) is 48.4 Å². The predicted molar refractivity (Wildman–Crippen MR) is 156 cm³/mol. The number of anilines is 1. The molecule has 214 valence electrons. The number of amides is 3. The van der Waals surface area contributed by atoms with Gasteiger partial charge >= 0.3 is 11.9 Å². The minimum absolute atomic E-state index is 0.123. The maximum atomic E-state index is 13.0. The minimum Gasteiger partial charge on any atom is -0.462 e. The highest BCUT2D eigenvalue weighted by Gasteiger charge is 2.45. The maximum Gasteiger partial charge on any atom is 0.341 e. The van der Waals surface area contributed by atoms with Crippen LogP contribution in [-0.2, 0) is 19.1 Å². The van der Waals surface area contributed by atoms with Gasteiger partial charge in [0.05, 0.1) is 37.8 Å². The molecule has 3 aromatic rings. The number of carbonyl (C=O) groups is 5. The highest BCUT2D eigenvalue weighted by Crippen LogP contribution is 2.45. The summed E-state index contributed by atoms with van der Waals surface area (Å²) in [5.74, 6) is -4.30. The smallest absolute Gasteiger partial charge is 0.341 e. The number of aryl methyl sites for hydroxylation is 1. The van der Waals surface area contributed by atoms with Crippen LogP contribution in [0.15, 0.2) is 29.6 Å². The average Bonchev–Trinajstić information content (AvgIpc) is 3.47. The van der Waals surface area contributed by atoms with Crippen molar-refractivity contribution in [3.8, 4) is 11.1 Å². The van der Waals surface area contributed by atoms with Crippen molar-refractivity contribution < 1.29 is 33.4 Å². The molecule has 0 spiro atoms. The van der Waals surface area contributed by atoms with Crippen LogP contribution < -0.4 is 5.32 Å². The van der Waals surface area contributed by atoms with Crippen LogP contribution in [0.25, 0.3) is 11.1 Å². The van der Waals surface area contributed by atoms with Crippen molar-refractivity contribution in [2.45, 2.75) is 26.8 Å². The van der Waals surface area contributed by atoms with Crippen LogP contribution in [0.3, 0.4) is 0 Å². The number of hydrogen-bond acceptors (Lipinski definition) is 8. The van der Waals surface area contributed by atoms with Crippen LogP contribution in [-0.4, -0.2) is 53.8 Å². The van der Waals surface area contributed by atoms with E-state index in [2.05, 4.69) is 5.32 Å². The number of ether oxygens (including phenoxy) is 2. The number of thiophene rings is 1. The topological polar surface area (TPSA) is 119 Å². The second-order valence-electron chi connectivity index (χ2n) is 8.76. The van der Waals surface area contributed by atoms with Gasteiger partial charge in [-0.2, -0.15) is 0 Å². The summed E-state index contributed by atoms with van der Waals surface area (Å²) < 4.78 is 10.3. The molecule has 0 saturated heterocycles. The molecule has 0 aliphatic carbocycles. The first-order valence-corrected chi connectivity index (χ1v) is 14.3. The number of imide groups is 1. The van der Waals surface area contributed by atoms with Crippen molar-refractivity contribution in [1.82, 2.24) is 4.90 Å². The van der Waals surface area contributed by atoms with Gasteiger partial charge in [-0.15, -0.1) is 11.3 Å². The lowest BCUT2D eigenvalue weighted by Gasteiger charge is -2.20. The zero-order valence-corrected chi connectivity index (χ0v) is 25.4. The summed E-state index contributed by atoms with van der Waals surface area (Å²) in [6, 6.07) is 6.01. The van der Waals surface area contributed by atoms with E-state index in [0.29, 0.717) is 10.5 Å². The van der Waals surface area contributed by atoms with Crippen molar-refractivity contribution >= 4 is 92.4 Å². The zero-order chi connectivity index (χ0) is 30.2. The number of nitrogens with one attached hydrogen (secondary N) is 1. The Balaban J connectivity index is 1.48. The Morgan fingerprint density at radius 2 is 1.49 bits per heavy atom. The van der Waals surface area contributed by atoms with Crippen LogP contribution in [0.2, 0.25) is 20.1 Å². The number of esters is 2. The molecule has 1 atom stereocenters. The summed E-state index contributed by atoms with van der Waals surface area (Å²) in [6.07, 6.45) is 0. The van der Waals surface area contributed by atoms with E-state index >= 15 is 0 Å². The third kappa shape index (κ3) is 5.80. The van der Waals surface area contributed by atoms with Gasteiger partial charge in [-0.05, 0) is 26.3 Å². The van der Waals surface area contributed by atoms with Crippen LogP contribution in [0.5, 0.6) is 0 Å². The van der Waals surface area contributed by atoms with Crippen LogP contribution in [0, 0.1) is 6.92 Å². The molecule has 4 rings (SSSR count). The lowest BCUT2D eigenvalue weighted by molar-refractivity contribution is -0.150. The highest BCUT2D eigenvalue weighted by molar-refractivity contribution is 7.15. The SMILES string of the molecule is CCOC(=O)c1c(-c2ccc(C)cc2)csc1NC(=O)COC(=O)[C@@H](C)N1C(=O)c2c(Cl)c(Cl)c(Cl)c(Cl)c2C1=O. The van der Waals surface area contributed by atoms with Gasteiger partial charge in [0.25, 0.3) is 17.7 Å². The van der Waals surface area contributed by atoms with Gasteiger partial charge in [0.2, 0.25) is 0 Å². The van der Waals surface area contributed by atoms with Gasteiger partial charge in [0.1, 0.15) is 16.6 Å². The molecule has 9 nitrogen and oxygen atoms in total. The van der Waals surface area contributed by atoms with Gasteiger partial charge < -0.3 is 14.8 Å². The van der Waals surface area contributed by atoms with E-state index in [1.54, 1.807) is 12.3 Å². The van der Waals surface area contributed by atoms with Crippen molar-refractivity contribution in [2.75, 3.05) is 18.5 Å². The molecule has 0 radical (unpaired) electrons. The second-order valence-corrected chi connectivity index (χ2v) is 11.1. The van der Waals surface area contributed by atoms with E-state index < -0.39 is 42.3 Å². The van der Waals surface area contributed by atoms with Crippen LogP contribution >= 0.6 is 57.7 Å². The molecule has 1 N–H and O–H groups in total. The lowest BCUT2D eigenvalue weighted by Crippen LogP contribution is -2.44. The summed E-state index contributed by atoms with van der Waals surface area (Å²) >= 11 is 25.4. The van der Waals surface area contributed by atoms with Gasteiger partial charge in [-0.1, -0.05) is 76.2 Å². The Kier molecular flexibility index (Phi) is 9.30. The van der Waals surface area contributed by atoms with E-state index in [1.807, 2.05) is 31.2 Å². The molecule has 1 aliphatic rings. The Morgan fingerprint density at radius 1 is 0.927 bits per heavy atom. The number of benzene rings is 2. The Hall–Kier alpha value is -3.15. The Bertz CT molecular complexity index is 1560. The molecule has 3 amide bonds. The van der Waals surface area contributed by atoms with E-state index in [9.17, 15) is 24.0 Å². The van der Waals surface area contributed by atoms with Gasteiger partial charge in [-0.25, -0.2) is 9.59 Å². The number of nitrogens with zero attached hydrogens (tertiary/aromatic N) is 1. The second kappa shape index (κ2) is 12.4. The third-order valence-electron chi connectivity index (χ3n) is 6.09. The molecule has 2 heterocycles. The zero-order valence-electron chi connectivity index (χ0n) is 21.6. The molecule has 2 aromatic carbocycles. The summed E-state index contributed by atoms with van der Waals surface area (Å²) in [7, 11) is 0. The van der Waals surface area contributed by atoms with E-state index in [1.165, 1.54) is 6.92 Å². The monoisotopic (exact) mass is 656 g/mol. The summed E-state index contributed by atoms with van der Waals surface area (Å²) in [6.45, 7) is 4.18. The Morgan fingerprint density at radius 3 is 2.02 bits per heavy atom. The number of hydrogen-bond donors (Lipinski definition) is 1. The molecule has 14 heteroatoms. The largest absolute Gasteiger partial charge is 0.462 e. The van der Waals surface area contributed by atoms with E-state index in [0.717, 1.165) is 22.5 Å². The summed E-state index contributed by atoms with van der Waals surface area (Å²) in [5.41, 5.74) is 1.93. The fourth-order valence-corrected chi connectivity index (χ4v) is 6.03. The van der Waals surface area contributed by atoms with Crippen molar-refractivity contribution in [3.05, 3.63) is 72.0 Å². The molecular formula is C27H20Cl4N2O7S. The fraction of sp³-hybridized carbons (Fsp3) is 0.222. The van der Waals surface area contributed by atoms with Crippen molar-refractivity contribution in [2.24, 2.45) is 0 Å². The van der Waals surface area contributed by atoms with Crippen LogP contribution in [0.4, 0.5) is 5.00 Å². The maximum absolute atomic E-state index is 13.0. The third-order valence-corrected chi connectivity index (χ3v) is 8.79. The number of rotatable bonds is 8. The fourth-order valence-electron chi connectivity index (χ4n) is 4.05. The standard InChI is InChI=1S/C27H20Cl4N2O7S/c1-4-39-27(38)16-14(13-7-5-11(2)6-8-13)10-41-23(16)32-15(34)9-40-26(37)12(3)33-24(35)17-18(25(33)36)20(29)22(31)21(30)19(17)28/h5-8,10,12H,4,9H2,1-3H3,(H,32,34)/t12-/m1/s1. The molecular weight excluding hydrogens is 638 g/mol. The van der Waals surface area contributed by atoms with Crippen molar-refractivity contribution in [3.63, 3.8) is 0 Å². The normalized spacial score (nSPS) is 13.2. The molecule has 0 fully saturated rings. The first-order valence-electron chi connectivity index (χ1n) is 11.9. The molecule has 0 saturated carbocycles. The van der Waals surface area contributed by atoms with Gasteiger partial charge in [-0.3, -0.25) is 19.3 Å². The lowest BCUT2D eigenvalue weighted by atomic mass is 10.0. The van der Waals surface area contributed by atoms with E-state index in [4.69, 9.17) is 55.9 Å². The number of fused-ring (bicyclic) bond motifs is 1. The highest BCUT2D eigenvalue weighted by atomic mass is 35.5. The minimum atomic E-state index is -1.45. The molecule has 0 bridgehead atoms. The summed E-state index contributed by atoms with van der Waals surface area (Å²) in [5, 5.41) is 3.48. The number of carbonyl (C=O) groups excluding carboxylic acids is 5. The first-order chi connectivity index (χ1) is 19.4. The number of halogens is 4. The Labute approximate surface area is 258 Å². The van der Waals surface area contributed by atoms with Crippen LogP contribution in [0.1, 0.15) is 50.5 Å². The molecule has 0 unspecified atom stereocenters. The molecule has 1 aliphatic heterocycles.